The standard InChI is InChI=1S/C11H14BrNO2/c1-3-4-9(13)8-5-7(12)6-10(15-2)11(8)14/h3,5-6,9,14H,1,4,13H2,2H3/t9-/m1/s1. The molecule has 0 saturated carbocycles. The van der Waals surface area contributed by atoms with Gasteiger partial charge in [0.05, 0.1) is 7.11 Å². The lowest BCUT2D eigenvalue weighted by Gasteiger charge is -2.14. The average molecular weight is 272 g/mol. The van der Waals surface area contributed by atoms with Gasteiger partial charge in [-0.1, -0.05) is 22.0 Å². The van der Waals surface area contributed by atoms with Crippen LogP contribution in [0.4, 0.5) is 0 Å². The summed E-state index contributed by atoms with van der Waals surface area (Å²) >= 11 is 3.33. The molecule has 0 aliphatic carbocycles. The normalized spacial score (nSPS) is 12.2. The van der Waals surface area contributed by atoms with Crippen LogP contribution in [0.1, 0.15) is 18.0 Å². The van der Waals surface area contributed by atoms with Crippen LogP contribution in [0.15, 0.2) is 29.3 Å². The summed E-state index contributed by atoms with van der Waals surface area (Å²) in [6.45, 7) is 3.62. The second-order valence-electron chi connectivity index (χ2n) is 3.18. The molecular formula is C11H14BrNO2. The molecule has 3 nitrogen and oxygen atoms in total. The van der Waals surface area contributed by atoms with Crippen molar-refractivity contribution in [3.05, 3.63) is 34.8 Å². The van der Waals surface area contributed by atoms with Crippen molar-refractivity contribution in [2.24, 2.45) is 5.73 Å². The molecule has 0 saturated heterocycles. The lowest BCUT2D eigenvalue weighted by Crippen LogP contribution is -2.09. The van der Waals surface area contributed by atoms with E-state index < -0.39 is 0 Å². The van der Waals surface area contributed by atoms with Crippen molar-refractivity contribution in [1.29, 1.82) is 0 Å². The zero-order chi connectivity index (χ0) is 11.4. The van der Waals surface area contributed by atoms with Gasteiger partial charge in [0.1, 0.15) is 0 Å². The molecule has 0 fully saturated rings. The lowest BCUT2D eigenvalue weighted by molar-refractivity contribution is 0.368. The van der Waals surface area contributed by atoms with E-state index in [1.165, 1.54) is 7.11 Å². The van der Waals surface area contributed by atoms with E-state index in [-0.39, 0.29) is 11.8 Å². The quantitative estimate of drug-likeness (QED) is 0.828. The molecule has 15 heavy (non-hydrogen) atoms. The van der Waals surface area contributed by atoms with Gasteiger partial charge < -0.3 is 15.6 Å². The van der Waals surface area contributed by atoms with Crippen molar-refractivity contribution < 1.29 is 9.84 Å². The fourth-order valence-electron chi connectivity index (χ4n) is 1.34. The molecule has 82 valence electrons. The van der Waals surface area contributed by atoms with E-state index >= 15 is 0 Å². The number of aromatic hydroxyl groups is 1. The van der Waals surface area contributed by atoms with Crippen LogP contribution in [0.25, 0.3) is 0 Å². The molecule has 0 aliphatic heterocycles. The molecule has 3 N–H and O–H groups in total. The predicted octanol–water partition coefficient (Wildman–Crippen LogP) is 2.74. The Morgan fingerprint density at radius 2 is 2.33 bits per heavy atom. The molecule has 0 aliphatic rings. The van der Waals surface area contributed by atoms with E-state index in [9.17, 15) is 5.11 Å². The Morgan fingerprint density at radius 3 is 2.87 bits per heavy atom. The minimum absolute atomic E-state index is 0.0926. The number of phenols is 1. The second-order valence-corrected chi connectivity index (χ2v) is 4.09. The smallest absolute Gasteiger partial charge is 0.162 e. The minimum atomic E-state index is -0.270. The fraction of sp³-hybridized carbons (Fsp3) is 0.273. The Kier molecular flexibility index (Phi) is 4.17. The van der Waals surface area contributed by atoms with Crippen LogP contribution in [0.3, 0.4) is 0 Å². The Labute approximate surface area is 97.7 Å². The monoisotopic (exact) mass is 271 g/mol. The van der Waals surface area contributed by atoms with Crippen molar-refractivity contribution in [3.8, 4) is 11.5 Å². The summed E-state index contributed by atoms with van der Waals surface area (Å²) in [6, 6.07) is 3.21. The molecule has 0 unspecified atom stereocenters. The van der Waals surface area contributed by atoms with E-state index in [2.05, 4.69) is 22.5 Å². The van der Waals surface area contributed by atoms with Crippen molar-refractivity contribution >= 4 is 15.9 Å². The van der Waals surface area contributed by atoms with Crippen molar-refractivity contribution in [2.45, 2.75) is 12.5 Å². The highest BCUT2D eigenvalue weighted by molar-refractivity contribution is 9.10. The number of hydrogen-bond acceptors (Lipinski definition) is 3. The topological polar surface area (TPSA) is 55.5 Å². The van der Waals surface area contributed by atoms with Gasteiger partial charge in [-0.3, -0.25) is 0 Å². The van der Waals surface area contributed by atoms with E-state index in [1.54, 1.807) is 18.2 Å². The third-order valence-corrected chi connectivity index (χ3v) is 2.57. The van der Waals surface area contributed by atoms with Gasteiger partial charge in [-0.15, -0.1) is 6.58 Å². The maximum absolute atomic E-state index is 9.85. The summed E-state index contributed by atoms with van der Waals surface area (Å²) in [7, 11) is 1.50. The maximum atomic E-state index is 9.85. The van der Waals surface area contributed by atoms with Crippen molar-refractivity contribution in [3.63, 3.8) is 0 Å². The molecule has 1 rings (SSSR count). The number of methoxy groups -OCH3 is 1. The van der Waals surface area contributed by atoms with Crippen molar-refractivity contribution in [2.75, 3.05) is 7.11 Å². The number of hydrogen-bond donors (Lipinski definition) is 2. The highest BCUT2D eigenvalue weighted by atomic mass is 79.9. The molecular weight excluding hydrogens is 258 g/mol. The van der Waals surface area contributed by atoms with Crippen LogP contribution in [0.5, 0.6) is 11.5 Å². The van der Waals surface area contributed by atoms with Gasteiger partial charge in [0, 0.05) is 16.1 Å². The van der Waals surface area contributed by atoms with Crippen LogP contribution < -0.4 is 10.5 Å². The largest absolute Gasteiger partial charge is 0.504 e. The first-order chi connectivity index (χ1) is 7.10. The third kappa shape index (κ3) is 2.73. The summed E-state index contributed by atoms with van der Waals surface area (Å²) < 4.78 is 5.86. The average Bonchev–Trinajstić information content (AvgIpc) is 2.21. The summed E-state index contributed by atoms with van der Waals surface area (Å²) in [4.78, 5) is 0. The summed E-state index contributed by atoms with van der Waals surface area (Å²) in [5.74, 6) is 0.508. The molecule has 4 heteroatoms. The number of ether oxygens (including phenoxy) is 1. The molecule has 0 amide bonds. The van der Waals surface area contributed by atoms with Crippen LogP contribution in [0, 0.1) is 0 Å². The highest BCUT2D eigenvalue weighted by Crippen LogP contribution is 2.37. The van der Waals surface area contributed by atoms with E-state index in [0.29, 0.717) is 17.7 Å². The number of benzene rings is 1. The second kappa shape index (κ2) is 5.19. The van der Waals surface area contributed by atoms with Gasteiger partial charge in [-0.25, -0.2) is 0 Å². The first kappa shape index (κ1) is 12.1. The summed E-state index contributed by atoms with van der Waals surface area (Å²) in [6.07, 6.45) is 2.32. The van der Waals surface area contributed by atoms with Gasteiger partial charge in [0.25, 0.3) is 0 Å². The van der Waals surface area contributed by atoms with Crippen LogP contribution in [-0.2, 0) is 0 Å². The molecule has 1 aromatic carbocycles. The van der Waals surface area contributed by atoms with Gasteiger partial charge in [0.2, 0.25) is 0 Å². The molecule has 0 bridgehead atoms. The third-order valence-electron chi connectivity index (χ3n) is 2.11. The number of halogens is 1. The Bertz CT molecular complexity index is 366. The molecule has 1 aromatic rings. The maximum Gasteiger partial charge on any atom is 0.162 e. The van der Waals surface area contributed by atoms with E-state index in [1.807, 2.05) is 0 Å². The summed E-state index contributed by atoms with van der Waals surface area (Å²) in [5.41, 5.74) is 6.55. The predicted molar refractivity (Wildman–Crippen MR) is 64.1 cm³/mol. The Hall–Kier alpha value is -1.00. The zero-order valence-corrected chi connectivity index (χ0v) is 10.1. The number of nitrogens with two attached hydrogens (primary N) is 1. The highest BCUT2D eigenvalue weighted by Gasteiger charge is 2.14. The van der Waals surface area contributed by atoms with Crippen LogP contribution >= 0.6 is 15.9 Å². The molecule has 0 heterocycles. The van der Waals surface area contributed by atoms with E-state index in [0.717, 1.165) is 4.47 Å². The SMILES string of the molecule is C=CC[C@@H](N)c1cc(Br)cc(OC)c1O. The summed E-state index contributed by atoms with van der Waals surface area (Å²) in [5, 5.41) is 9.85. The lowest BCUT2D eigenvalue weighted by atomic mass is 10.0. The zero-order valence-electron chi connectivity index (χ0n) is 8.53. The van der Waals surface area contributed by atoms with Crippen LogP contribution in [-0.4, -0.2) is 12.2 Å². The van der Waals surface area contributed by atoms with Gasteiger partial charge in [0.15, 0.2) is 11.5 Å². The Balaban J connectivity index is 3.16. The first-order valence-corrected chi connectivity index (χ1v) is 5.32. The molecule has 1 atom stereocenters. The fourth-order valence-corrected chi connectivity index (χ4v) is 1.79. The first-order valence-electron chi connectivity index (χ1n) is 4.53. The van der Waals surface area contributed by atoms with Gasteiger partial charge in [-0.2, -0.15) is 0 Å². The van der Waals surface area contributed by atoms with Crippen molar-refractivity contribution in [1.82, 2.24) is 0 Å². The Morgan fingerprint density at radius 1 is 1.67 bits per heavy atom. The minimum Gasteiger partial charge on any atom is -0.504 e. The van der Waals surface area contributed by atoms with Gasteiger partial charge >= 0.3 is 0 Å². The number of rotatable bonds is 4. The van der Waals surface area contributed by atoms with Gasteiger partial charge in [-0.05, 0) is 18.6 Å². The molecule has 0 radical (unpaired) electrons. The van der Waals surface area contributed by atoms with Crippen LogP contribution in [0.2, 0.25) is 0 Å². The molecule has 0 spiro atoms. The number of phenolic OH excluding ortho intramolecular Hbond substituents is 1. The molecule has 0 aromatic heterocycles. The van der Waals surface area contributed by atoms with E-state index in [4.69, 9.17) is 10.5 Å².